The van der Waals surface area contributed by atoms with Gasteiger partial charge in [-0.05, 0) is 66.8 Å². The number of ether oxygens (including phenoxy) is 2. The summed E-state index contributed by atoms with van der Waals surface area (Å²) in [5.74, 6) is 1.54. The molecule has 1 N–H and O–H groups in total. The quantitative estimate of drug-likeness (QED) is 0.348. The molecule has 0 saturated heterocycles. The van der Waals surface area contributed by atoms with E-state index in [2.05, 4.69) is 31.3 Å². The molecular weight excluding hydrogens is 416 g/mol. The van der Waals surface area contributed by atoms with E-state index in [0.29, 0.717) is 34.6 Å². The van der Waals surface area contributed by atoms with Crippen molar-refractivity contribution in [3.63, 3.8) is 0 Å². The lowest BCUT2D eigenvalue weighted by Gasteiger charge is -2.14. The van der Waals surface area contributed by atoms with Gasteiger partial charge in [0.25, 0.3) is 5.91 Å². The fourth-order valence-corrected chi connectivity index (χ4v) is 3.76. The summed E-state index contributed by atoms with van der Waals surface area (Å²) in [6.07, 6.45) is 1.06. The molecule has 0 unspecified atom stereocenters. The van der Waals surface area contributed by atoms with E-state index in [1.165, 1.54) is 19.8 Å². The largest absolute Gasteiger partial charge is 0.496 e. The lowest BCUT2D eigenvalue weighted by atomic mass is 9.98. The van der Waals surface area contributed by atoms with Crippen LogP contribution >= 0.6 is 0 Å². The van der Waals surface area contributed by atoms with Crippen LogP contribution in [0, 0.1) is 6.92 Å². The van der Waals surface area contributed by atoms with Crippen LogP contribution < -0.4 is 14.8 Å². The summed E-state index contributed by atoms with van der Waals surface area (Å²) in [7, 11) is 3.05. The van der Waals surface area contributed by atoms with Gasteiger partial charge < -0.3 is 19.2 Å². The normalized spacial score (nSPS) is 11.9. The van der Waals surface area contributed by atoms with E-state index in [1.807, 2.05) is 31.2 Å². The first-order valence-corrected chi connectivity index (χ1v) is 11.0. The minimum absolute atomic E-state index is 0.319. The van der Waals surface area contributed by atoms with Crippen molar-refractivity contribution in [2.24, 2.45) is 0 Å². The van der Waals surface area contributed by atoms with Crippen molar-refractivity contribution in [1.29, 1.82) is 0 Å². The number of carbonyl (C=O) groups is 1. The first-order chi connectivity index (χ1) is 15.9. The Kier molecular flexibility index (Phi) is 6.36. The summed E-state index contributed by atoms with van der Waals surface area (Å²) < 4.78 is 16.8. The van der Waals surface area contributed by atoms with Crippen molar-refractivity contribution in [3.8, 4) is 23.0 Å². The zero-order valence-electron chi connectivity index (χ0n) is 19.6. The molecule has 0 saturated carbocycles. The third-order valence-corrected chi connectivity index (χ3v) is 5.98. The van der Waals surface area contributed by atoms with Crippen LogP contribution in [0.2, 0.25) is 0 Å². The number of aromatic nitrogens is 1. The number of carbonyl (C=O) groups excluding carboxylic acids is 1. The Morgan fingerprint density at radius 1 is 1.06 bits per heavy atom. The van der Waals surface area contributed by atoms with Gasteiger partial charge in [0.05, 0.1) is 14.2 Å². The maximum Gasteiger partial charge on any atom is 0.263 e. The van der Waals surface area contributed by atoms with Crippen molar-refractivity contribution in [1.82, 2.24) is 4.98 Å². The van der Waals surface area contributed by atoms with Crippen LogP contribution in [0.15, 0.2) is 59.0 Å². The first kappa shape index (κ1) is 22.4. The molecule has 4 aromatic rings. The molecule has 33 heavy (non-hydrogen) atoms. The van der Waals surface area contributed by atoms with E-state index in [4.69, 9.17) is 18.9 Å². The molecule has 1 heterocycles. The highest BCUT2D eigenvalue weighted by Crippen LogP contribution is 2.32. The van der Waals surface area contributed by atoms with Crippen molar-refractivity contribution < 1.29 is 18.7 Å². The number of hydrogen-bond donors (Lipinski definition) is 1. The number of fused-ring (bicyclic) bond motifs is 1. The van der Waals surface area contributed by atoms with Crippen LogP contribution in [-0.4, -0.2) is 25.1 Å². The lowest BCUT2D eigenvalue weighted by molar-refractivity contribution is 0.102. The zero-order chi connectivity index (χ0) is 23.5. The molecule has 0 radical (unpaired) electrons. The van der Waals surface area contributed by atoms with Crippen molar-refractivity contribution in [3.05, 3.63) is 71.3 Å². The van der Waals surface area contributed by atoms with Crippen molar-refractivity contribution in [2.75, 3.05) is 19.5 Å². The molecular formula is C27H28N2O4. The molecule has 0 bridgehead atoms. The molecule has 0 aliphatic rings. The number of anilines is 1. The van der Waals surface area contributed by atoms with Crippen LogP contribution in [0.1, 0.15) is 47.7 Å². The minimum atomic E-state index is -0.319. The Hall–Kier alpha value is -3.80. The summed E-state index contributed by atoms with van der Waals surface area (Å²) in [6.45, 7) is 6.31. The monoisotopic (exact) mass is 444 g/mol. The molecule has 6 heteroatoms. The maximum atomic E-state index is 13.1. The number of nitrogens with one attached hydrogen (secondary N) is 1. The SMILES string of the molecule is CC[C@@H](C)c1ccc2oc(-c3ccc(C)c(NC(=O)c4c(OC)cccc4OC)c3)nc2c1. The van der Waals surface area contributed by atoms with Gasteiger partial charge in [0.2, 0.25) is 5.89 Å². The zero-order valence-corrected chi connectivity index (χ0v) is 19.6. The molecule has 1 amide bonds. The number of benzene rings is 3. The van der Waals surface area contributed by atoms with Gasteiger partial charge in [-0.1, -0.05) is 32.0 Å². The van der Waals surface area contributed by atoms with Crippen LogP contribution in [-0.2, 0) is 0 Å². The Morgan fingerprint density at radius 3 is 2.45 bits per heavy atom. The molecule has 4 rings (SSSR count). The second kappa shape index (κ2) is 9.36. The third kappa shape index (κ3) is 4.42. The topological polar surface area (TPSA) is 73.6 Å². The van der Waals surface area contributed by atoms with E-state index in [0.717, 1.165) is 28.6 Å². The van der Waals surface area contributed by atoms with Crippen molar-refractivity contribution >= 4 is 22.7 Å². The highest BCUT2D eigenvalue weighted by molar-refractivity contribution is 6.08. The van der Waals surface area contributed by atoms with Gasteiger partial charge in [0, 0.05) is 11.3 Å². The number of nitrogens with zero attached hydrogens (tertiary/aromatic N) is 1. The fourth-order valence-electron chi connectivity index (χ4n) is 3.76. The predicted octanol–water partition coefficient (Wildman–Crippen LogP) is 6.59. The molecule has 1 aromatic heterocycles. The summed E-state index contributed by atoms with van der Waals surface area (Å²) in [5.41, 5.74) is 5.50. The number of oxazole rings is 1. The lowest BCUT2D eigenvalue weighted by Crippen LogP contribution is -2.15. The van der Waals surface area contributed by atoms with Gasteiger partial charge >= 0.3 is 0 Å². The number of methoxy groups -OCH3 is 2. The third-order valence-electron chi connectivity index (χ3n) is 5.98. The predicted molar refractivity (Wildman–Crippen MR) is 130 cm³/mol. The van der Waals surface area contributed by atoms with Gasteiger partial charge in [-0.25, -0.2) is 4.98 Å². The molecule has 6 nitrogen and oxygen atoms in total. The Morgan fingerprint density at radius 2 is 1.79 bits per heavy atom. The number of hydrogen-bond acceptors (Lipinski definition) is 5. The molecule has 0 aliphatic carbocycles. The molecule has 170 valence electrons. The molecule has 0 spiro atoms. The average Bonchev–Trinajstić information content (AvgIpc) is 3.27. The van der Waals surface area contributed by atoms with Gasteiger partial charge in [-0.2, -0.15) is 0 Å². The van der Waals surface area contributed by atoms with E-state index < -0.39 is 0 Å². The van der Waals surface area contributed by atoms with E-state index in [9.17, 15) is 4.79 Å². The standard InChI is InChI=1S/C27H28N2O4/c1-6-16(2)18-12-13-22-21(14-18)29-27(33-22)19-11-10-17(3)20(15-19)28-26(30)25-23(31-4)8-7-9-24(25)32-5/h7-16H,6H2,1-5H3,(H,28,30)/t16-/m1/s1. The number of amides is 1. The minimum Gasteiger partial charge on any atom is -0.496 e. The summed E-state index contributed by atoms with van der Waals surface area (Å²) >= 11 is 0. The van der Waals surface area contributed by atoms with Crippen molar-refractivity contribution in [2.45, 2.75) is 33.1 Å². The van der Waals surface area contributed by atoms with E-state index >= 15 is 0 Å². The second-order valence-electron chi connectivity index (χ2n) is 8.08. The molecule has 3 aromatic carbocycles. The highest BCUT2D eigenvalue weighted by Gasteiger charge is 2.20. The van der Waals surface area contributed by atoms with E-state index in [-0.39, 0.29) is 5.91 Å². The van der Waals surface area contributed by atoms with Crippen LogP contribution in [0.5, 0.6) is 11.5 Å². The number of rotatable bonds is 7. The Bertz CT molecular complexity index is 1290. The Labute approximate surface area is 193 Å². The average molecular weight is 445 g/mol. The molecule has 1 atom stereocenters. The summed E-state index contributed by atoms with van der Waals surface area (Å²) in [4.78, 5) is 17.8. The van der Waals surface area contributed by atoms with Gasteiger partial charge in [-0.3, -0.25) is 4.79 Å². The summed E-state index contributed by atoms with van der Waals surface area (Å²) in [5, 5.41) is 2.98. The Balaban J connectivity index is 1.67. The van der Waals surface area contributed by atoms with Gasteiger partial charge in [0.1, 0.15) is 22.6 Å². The smallest absolute Gasteiger partial charge is 0.263 e. The van der Waals surface area contributed by atoms with Crippen LogP contribution in [0.4, 0.5) is 5.69 Å². The van der Waals surface area contributed by atoms with Crippen LogP contribution in [0.3, 0.4) is 0 Å². The first-order valence-electron chi connectivity index (χ1n) is 11.0. The highest BCUT2D eigenvalue weighted by atomic mass is 16.5. The number of aryl methyl sites for hydroxylation is 1. The fraction of sp³-hybridized carbons (Fsp3) is 0.259. The van der Waals surface area contributed by atoms with E-state index in [1.54, 1.807) is 18.2 Å². The van der Waals surface area contributed by atoms with Gasteiger partial charge in [-0.15, -0.1) is 0 Å². The second-order valence-corrected chi connectivity index (χ2v) is 8.08. The molecule has 0 aliphatic heterocycles. The molecule has 0 fully saturated rings. The van der Waals surface area contributed by atoms with Gasteiger partial charge in [0.15, 0.2) is 5.58 Å². The summed E-state index contributed by atoms with van der Waals surface area (Å²) in [6, 6.07) is 17.1. The maximum absolute atomic E-state index is 13.1. The van der Waals surface area contributed by atoms with Crippen LogP contribution in [0.25, 0.3) is 22.6 Å².